The number of imide groups is 1. The Balaban J connectivity index is 1.79. The Bertz CT molecular complexity index is 872. The highest BCUT2D eigenvalue weighted by molar-refractivity contribution is 6.31. The van der Waals surface area contributed by atoms with Gasteiger partial charge in [-0.25, -0.2) is 9.18 Å². The maximum atomic E-state index is 14.8. The number of hydrogen-bond acceptors (Lipinski definition) is 4. The number of nitrogens with one attached hydrogen (secondary N) is 1. The first-order chi connectivity index (χ1) is 12.0. The highest BCUT2D eigenvalue weighted by Gasteiger charge is 2.40. The average Bonchev–Trinajstić information content (AvgIpc) is 3.13. The largest absolute Gasteiger partial charge is 0.431 e. The fourth-order valence-electron chi connectivity index (χ4n) is 3.37. The minimum Gasteiger partial charge on any atom is -0.431 e. The second kappa shape index (κ2) is 6.04. The van der Waals surface area contributed by atoms with Gasteiger partial charge in [-0.3, -0.25) is 10.1 Å². The maximum Gasteiger partial charge on any atom is 0.415 e. The van der Waals surface area contributed by atoms with Gasteiger partial charge in [-0.1, -0.05) is 41.9 Å². The summed E-state index contributed by atoms with van der Waals surface area (Å²) in [7, 11) is 0. The molecule has 2 aromatic carbocycles. The van der Waals surface area contributed by atoms with Crippen molar-refractivity contribution in [3.63, 3.8) is 0 Å². The summed E-state index contributed by atoms with van der Waals surface area (Å²) in [5, 5.41) is 1.96. The monoisotopic (exact) mass is 360 g/mol. The Morgan fingerprint density at radius 3 is 2.72 bits per heavy atom. The molecule has 0 aromatic heterocycles. The smallest absolute Gasteiger partial charge is 0.415 e. The van der Waals surface area contributed by atoms with Crippen molar-refractivity contribution in [2.75, 3.05) is 11.4 Å². The van der Waals surface area contributed by atoms with E-state index in [2.05, 4.69) is 0 Å². The van der Waals surface area contributed by atoms with E-state index >= 15 is 0 Å². The first kappa shape index (κ1) is 15.9. The molecule has 0 spiro atoms. The fraction of sp³-hybridized carbons (Fsp3) is 0.222. The van der Waals surface area contributed by atoms with E-state index in [4.69, 9.17) is 16.3 Å². The average molecular weight is 361 g/mol. The van der Waals surface area contributed by atoms with E-state index in [0.29, 0.717) is 25.2 Å². The molecule has 0 saturated carbocycles. The summed E-state index contributed by atoms with van der Waals surface area (Å²) in [6.45, 7) is 1.23. The van der Waals surface area contributed by atoms with E-state index in [-0.39, 0.29) is 10.6 Å². The summed E-state index contributed by atoms with van der Waals surface area (Å²) in [6, 6.07) is 11.3. The fourth-order valence-corrected chi connectivity index (χ4v) is 3.60. The number of rotatable bonds is 3. The molecule has 1 N–H and O–H groups in total. The molecule has 2 amide bonds. The molecule has 0 radical (unpaired) electrons. The van der Waals surface area contributed by atoms with Crippen molar-refractivity contribution in [2.24, 2.45) is 0 Å². The number of cyclic esters (lactones) is 1. The SMILES string of the molecule is O=C1NC(=O)C(c2c(F)c(Cl)cc3c2N(Cc2ccccc2)CC3)O1. The van der Waals surface area contributed by atoms with E-state index in [1.165, 1.54) is 0 Å². The number of carbonyl (C=O) groups is 2. The van der Waals surface area contributed by atoms with Gasteiger partial charge in [0.25, 0.3) is 5.91 Å². The van der Waals surface area contributed by atoms with Crippen LogP contribution in [0.1, 0.15) is 22.8 Å². The third kappa shape index (κ3) is 2.72. The van der Waals surface area contributed by atoms with Crippen LogP contribution in [0.3, 0.4) is 0 Å². The highest BCUT2D eigenvalue weighted by Crippen LogP contribution is 2.42. The van der Waals surface area contributed by atoms with Gasteiger partial charge in [0.05, 0.1) is 16.3 Å². The lowest BCUT2D eigenvalue weighted by Crippen LogP contribution is -2.24. The molecule has 1 atom stereocenters. The van der Waals surface area contributed by atoms with Gasteiger partial charge in [0.2, 0.25) is 6.10 Å². The Morgan fingerprint density at radius 1 is 1.28 bits per heavy atom. The molecule has 2 aromatic rings. The van der Waals surface area contributed by atoms with Gasteiger partial charge in [0.15, 0.2) is 5.82 Å². The number of fused-ring (bicyclic) bond motifs is 1. The molecule has 0 bridgehead atoms. The number of amides is 2. The first-order valence-electron chi connectivity index (χ1n) is 7.85. The number of nitrogens with zero attached hydrogens (tertiary/aromatic N) is 1. The minimum absolute atomic E-state index is 0.0271. The molecule has 1 fully saturated rings. The van der Waals surface area contributed by atoms with Gasteiger partial charge in [0, 0.05) is 13.1 Å². The molecule has 2 aliphatic rings. The Labute approximate surface area is 148 Å². The van der Waals surface area contributed by atoms with Crippen LogP contribution in [-0.4, -0.2) is 18.5 Å². The summed E-state index contributed by atoms with van der Waals surface area (Å²) in [5.74, 6) is -1.41. The molecule has 0 aliphatic carbocycles. The molecule has 128 valence electrons. The molecular weight excluding hydrogens is 347 g/mol. The summed E-state index contributed by atoms with van der Waals surface area (Å²) in [6.07, 6.45) is -1.52. The van der Waals surface area contributed by atoms with Crippen molar-refractivity contribution in [3.05, 3.63) is 63.9 Å². The van der Waals surface area contributed by atoms with E-state index < -0.39 is 23.9 Å². The van der Waals surface area contributed by atoms with Gasteiger partial charge in [-0.05, 0) is 23.6 Å². The van der Waals surface area contributed by atoms with Crippen molar-refractivity contribution in [1.29, 1.82) is 0 Å². The van der Waals surface area contributed by atoms with Gasteiger partial charge in [-0.2, -0.15) is 0 Å². The number of alkyl carbamates (subject to hydrolysis) is 1. The molecule has 4 rings (SSSR count). The summed E-state index contributed by atoms with van der Waals surface area (Å²) in [5.41, 5.74) is 2.51. The lowest BCUT2D eigenvalue weighted by Gasteiger charge is -2.24. The van der Waals surface area contributed by atoms with Crippen molar-refractivity contribution in [1.82, 2.24) is 5.32 Å². The second-order valence-corrected chi connectivity index (χ2v) is 6.43. The van der Waals surface area contributed by atoms with Crippen LogP contribution < -0.4 is 10.2 Å². The molecule has 25 heavy (non-hydrogen) atoms. The van der Waals surface area contributed by atoms with E-state index in [0.717, 1.165) is 11.1 Å². The number of halogens is 2. The lowest BCUT2D eigenvalue weighted by atomic mass is 10.0. The Morgan fingerprint density at radius 2 is 2.04 bits per heavy atom. The lowest BCUT2D eigenvalue weighted by molar-refractivity contribution is -0.123. The zero-order valence-electron chi connectivity index (χ0n) is 13.1. The van der Waals surface area contributed by atoms with E-state index in [9.17, 15) is 14.0 Å². The number of hydrogen-bond donors (Lipinski definition) is 1. The maximum absolute atomic E-state index is 14.8. The molecular formula is C18H14ClFN2O3. The molecule has 5 nitrogen and oxygen atoms in total. The van der Waals surface area contributed by atoms with Crippen LogP contribution in [0.4, 0.5) is 14.9 Å². The summed E-state index contributed by atoms with van der Waals surface area (Å²) >= 11 is 6.00. The van der Waals surface area contributed by atoms with Crippen molar-refractivity contribution in [3.8, 4) is 0 Å². The number of carbonyl (C=O) groups excluding carboxylic acids is 2. The third-order valence-electron chi connectivity index (χ3n) is 4.44. The Kier molecular flexibility index (Phi) is 3.84. The van der Waals surface area contributed by atoms with Crippen LogP contribution in [0.5, 0.6) is 0 Å². The van der Waals surface area contributed by atoms with Crippen LogP contribution >= 0.6 is 11.6 Å². The quantitative estimate of drug-likeness (QED) is 0.912. The molecule has 2 heterocycles. The van der Waals surface area contributed by atoms with Crippen LogP contribution in [0.2, 0.25) is 5.02 Å². The van der Waals surface area contributed by atoms with Gasteiger partial charge in [0.1, 0.15) is 0 Å². The number of anilines is 1. The van der Waals surface area contributed by atoms with Crippen molar-refractivity contribution >= 4 is 29.3 Å². The predicted molar refractivity (Wildman–Crippen MR) is 90.0 cm³/mol. The molecule has 2 aliphatic heterocycles. The zero-order chi connectivity index (χ0) is 17.6. The topological polar surface area (TPSA) is 58.6 Å². The van der Waals surface area contributed by atoms with Crippen molar-refractivity contribution in [2.45, 2.75) is 19.1 Å². The van der Waals surface area contributed by atoms with Crippen LogP contribution in [0.15, 0.2) is 36.4 Å². The number of benzene rings is 2. The zero-order valence-corrected chi connectivity index (χ0v) is 13.8. The van der Waals surface area contributed by atoms with Crippen molar-refractivity contribution < 1.29 is 18.7 Å². The summed E-state index contributed by atoms with van der Waals surface area (Å²) < 4.78 is 19.8. The van der Waals surface area contributed by atoms with Crippen LogP contribution in [0, 0.1) is 5.82 Å². The van der Waals surface area contributed by atoms with Gasteiger partial charge < -0.3 is 9.64 Å². The normalized spacial score (nSPS) is 19.0. The summed E-state index contributed by atoms with van der Waals surface area (Å²) in [4.78, 5) is 25.4. The highest BCUT2D eigenvalue weighted by atomic mass is 35.5. The van der Waals surface area contributed by atoms with Crippen LogP contribution in [0.25, 0.3) is 0 Å². The third-order valence-corrected chi connectivity index (χ3v) is 4.72. The van der Waals surface area contributed by atoms with E-state index in [1.807, 2.05) is 40.5 Å². The molecule has 1 saturated heterocycles. The van der Waals surface area contributed by atoms with Crippen LogP contribution in [-0.2, 0) is 22.5 Å². The Hall–Kier alpha value is -2.60. The predicted octanol–water partition coefficient (Wildman–Crippen LogP) is 3.35. The second-order valence-electron chi connectivity index (χ2n) is 6.03. The molecule has 1 unspecified atom stereocenters. The number of ether oxygens (including phenoxy) is 1. The van der Waals surface area contributed by atoms with Gasteiger partial charge in [-0.15, -0.1) is 0 Å². The first-order valence-corrected chi connectivity index (χ1v) is 8.23. The van der Waals surface area contributed by atoms with Gasteiger partial charge >= 0.3 is 6.09 Å². The standard InChI is InChI=1S/C18H14ClFN2O3/c19-12-8-11-6-7-22(9-10-4-2-1-3-5-10)15(11)13(14(12)20)16-17(23)21-18(24)25-16/h1-5,8,16H,6-7,9H2,(H,21,23,24). The molecule has 7 heteroatoms. The van der Waals surface area contributed by atoms with E-state index in [1.54, 1.807) is 6.07 Å². The minimum atomic E-state index is -1.32.